The molecule has 0 saturated heterocycles. The molecule has 0 aliphatic rings. The molecule has 2 heterocycles. The lowest BCUT2D eigenvalue weighted by atomic mass is 10.1. The number of aryl methyl sites for hydroxylation is 1. The minimum atomic E-state index is -0.516. The first kappa shape index (κ1) is 30.5. The van der Waals surface area contributed by atoms with Gasteiger partial charge >= 0.3 is 6.03 Å². The van der Waals surface area contributed by atoms with Gasteiger partial charge in [-0.1, -0.05) is 65.7 Å². The van der Waals surface area contributed by atoms with Gasteiger partial charge in [-0.25, -0.2) is 9.78 Å². The Morgan fingerprint density at radius 3 is 2.52 bits per heavy atom. The number of amides is 3. The second-order valence-corrected chi connectivity index (χ2v) is 10.7. The van der Waals surface area contributed by atoms with Gasteiger partial charge < -0.3 is 20.3 Å². The van der Waals surface area contributed by atoms with E-state index in [1.54, 1.807) is 37.6 Å². The third kappa shape index (κ3) is 7.53. The molecular weight excluding hydrogens is 597 g/mol. The van der Waals surface area contributed by atoms with Crippen molar-refractivity contribution in [2.45, 2.75) is 13.5 Å². The molecule has 0 spiro atoms. The van der Waals surface area contributed by atoms with E-state index in [-0.39, 0.29) is 24.1 Å². The molecular formula is C34H29Cl2N5O3. The predicted molar refractivity (Wildman–Crippen MR) is 177 cm³/mol. The number of likely N-dealkylation sites (N-methyl/N-ethyl adjacent to an activating group) is 1. The minimum absolute atomic E-state index is 0.0692. The first-order valence-electron chi connectivity index (χ1n) is 13.7. The Morgan fingerprint density at radius 1 is 0.932 bits per heavy atom. The normalized spacial score (nSPS) is 11.0. The Hall–Kier alpha value is -4.92. The van der Waals surface area contributed by atoms with E-state index in [2.05, 4.69) is 20.6 Å². The summed E-state index contributed by atoms with van der Waals surface area (Å²) in [5.74, 6) is 0.220. The molecule has 0 radical (unpaired) electrons. The van der Waals surface area contributed by atoms with Crippen LogP contribution in [0.4, 0.5) is 16.2 Å². The number of benzene rings is 3. The van der Waals surface area contributed by atoms with E-state index in [1.165, 1.54) is 4.90 Å². The summed E-state index contributed by atoms with van der Waals surface area (Å²) in [7, 11) is 1.58. The van der Waals surface area contributed by atoms with Crippen LogP contribution in [-0.4, -0.2) is 35.5 Å². The lowest BCUT2D eigenvalue weighted by Crippen LogP contribution is -2.40. The van der Waals surface area contributed by atoms with Crippen molar-refractivity contribution in [3.63, 3.8) is 0 Å². The highest BCUT2D eigenvalue weighted by Crippen LogP contribution is 2.35. The highest BCUT2D eigenvalue weighted by molar-refractivity contribution is 6.38. The SMILES string of the molecule is Cc1ccc2cccc(OCc3c(Cl)ccc(N(C)C(=O)CNC(=O)Nc4cccc(C=Cc5ccncc5)c4)c3Cl)c2n1. The topological polar surface area (TPSA) is 96.5 Å². The highest BCUT2D eigenvalue weighted by Gasteiger charge is 2.19. The summed E-state index contributed by atoms with van der Waals surface area (Å²) in [6.45, 7) is 1.73. The Kier molecular flexibility index (Phi) is 9.74. The van der Waals surface area contributed by atoms with Gasteiger partial charge in [0.05, 0.1) is 17.3 Å². The van der Waals surface area contributed by atoms with Crippen molar-refractivity contribution in [1.29, 1.82) is 0 Å². The van der Waals surface area contributed by atoms with Gasteiger partial charge in [0.25, 0.3) is 0 Å². The van der Waals surface area contributed by atoms with E-state index in [1.807, 2.05) is 79.7 Å². The fourth-order valence-electron chi connectivity index (χ4n) is 4.43. The lowest BCUT2D eigenvalue weighted by Gasteiger charge is -2.21. The second kappa shape index (κ2) is 14.0. The van der Waals surface area contributed by atoms with Gasteiger partial charge in [0, 0.05) is 46.8 Å². The summed E-state index contributed by atoms with van der Waals surface area (Å²) in [5.41, 5.74) is 5.07. The molecule has 3 aromatic carbocycles. The zero-order valence-corrected chi connectivity index (χ0v) is 25.6. The summed E-state index contributed by atoms with van der Waals surface area (Å²) < 4.78 is 6.09. The van der Waals surface area contributed by atoms with Crippen LogP contribution in [0.25, 0.3) is 23.1 Å². The van der Waals surface area contributed by atoms with Crippen molar-refractivity contribution >= 4 is 69.6 Å². The zero-order chi connectivity index (χ0) is 31.1. The smallest absolute Gasteiger partial charge is 0.319 e. The summed E-state index contributed by atoms with van der Waals surface area (Å²) >= 11 is 13.2. The molecule has 5 aromatic rings. The first-order valence-corrected chi connectivity index (χ1v) is 14.5. The number of hydrogen-bond donors (Lipinski definition) is 2. The number of fused-ring (bicyclic) bond motifs is 1. The summed E-state index contributed by atoms with van der Waals surface area (Å²) in [6, 6.07) is 23.6. The average Bonchev–Trinajstić information content (AvgIpc) is 3.03. The van der Waals surface area contributed by atoms with E-state index in [9.17, 15) is 9.59 Å². The van der Waals surface area contributed by atoms with Crippen molar-refractivity contribution in [3.8, 4) is 5.75 Å². The maximum Gasteiger partial charge on any atom is 0.319 e. The fraction of sp³-hybridized carbons (Fsp3) is 0.118. The number of carbonyl (C=O) groups excluding carboxylic acids is 2. The summed E-state index contributed by atoms with van der Waals surface area (Å²) in [6.07, 6.45) is 7.34. The van der Waals surface area contributed by atoms with Crippen molar-refractivity contribution in [1.82, 2.24) is 15.3 Å². The molecule has 0 aliphatic heterocycles. The Morgan fingerprint density at radius 2 is 1.70 bits per heavy atom. The molecule has 0 bridgehead atoms. The molecule has 222 valence electrons. The van der Waals surface area contributed by atoms with Crippen LogP contribution < -0.4 is 20.3 Å². The van der Waals surface area contributed by atoms with E-state index >= 15 is 0 Å². The summed E-state index contributed by atoms with van der Waals surface area (Å²) in [5, 5.41) is 7.00. The number of aromatic nitrogens is 2. The third-order valence-corrected chi connectivity index (χ3v) is 7.59. The van der Waals surface area contributed by atoms with Crippen LogP contribution in [0, 0.1) is 6.92 Å². The number of ether oxygens (including phenoxy) is 1. The number of pyridine rings is 2. The van der Waals surface area contributed by atoms with Crippen LogP contribution in [0.3, 0.4) is 0 Å². The minimum Gasteiger partial charge on any atom is -0.487 e. The van der Waals surface area contributed by atoms with E-state index < -0.39 is 6.03 Å². The Balaban J connectivity index is 1.20. The molecule has 0 aliphatic carbocycles. The van der Waals surface area contributed by atoms with Crippen LogP contribution >= 0.6 is 23.2 Å². The van der Waals surface area contributed by atoms with Gasteiger partial charge in [-0.05, 0) is 66.6 Å². The Bertz CT molecular complexity index is 1850. The maximum atomic E-state index is 13.0. The number of halogens is 2. The van der Waals surface area contributed by atoms with Crippen molar-refractivity contribution in [3.05, 3.63) is 124 Å². The molecule has 5 rings (SSSR count). The standard InChI is InChI=1S/C34H29Cl2N5O3/c1-22-9-12-25-6-4-8-30(33(25)39-22)44-21-27-28(35)13-14-29(32(27)36)41(2)31(42)20-38-34(43)40-26-7-3-5-24(19-26)11-10-23-15-17-37-18-16-23/h3-19H,20-21H2,1-2H3,(H2,38,40,43). The molecule has 3 amide bonds. The Labute approximate surface area is 265 Å². The highest BCUT2D eigenvalue weighted by atomic mass is 35.5. The molecule has 2 aromatic heterocycles. The van der Waals surface area contributed by atoms with Gasteiger partial charge in [-0.3, -0.25) is 9.78 Å². The molecule has 0 atom stereocenters. The van der Waals surface area contributed by atoms with Gasteiger partial charge in [0.1, 0.15) is 17.9 Å². The first-order chi connectivity index (χ1) is 21.3. The van der Waals surface area contributed by atoms with Crippen LogP contribution in [0.1, 0.15) is 22.4 Å². The summed E-state index contributed by atoms with van der Waals surface area (Å²) in [4.78, 5) is 35.6. The molecule has 8 nitrogen and oxygen atoms in total. The zero-order valence-electron chi connectivity index (χ0n) is 24.1. The van der Waals surface area contributed by atoms with Crippen LogP contribution in [-0.2, 0) is 11.4 Å². The number of rotatable bonds is 9. The largest absolute Gasteiger partial charge is 0.487 e. The number of para-hydroxylation sites is 1. The maximum absolute atomic E-state index is 13.0. The lowest BCUT2D eigenvalue weighted by molar-refractivity contribution is -0.117. The molecule has 2 N–H and O–H groups in total. The molecule has 44 heavy (non-hydrogen) atoms. The van der Waals surface area contributed by atoms with Crippen LogP contribution in [0.5, 0.6) is 5.75 Å². The van der Waals surface area contributed by atoms with Crippen molar-refractivity contribution in [2.24, 2.45) is 0 Å². The van der Waals surface area contributed by atoms with Gasteiger partial charge in [0.15, 0.2) is 0 Å². The van der Waals surface area contributed by atoms with E-state index in [0.29, 0.717) is 27.7 Å². The van der Waals surface area contributed by atoms with Crippen molar-refractivity contribution in [2.75, 3.05) is 23.8 Å². The fourth-order valence-corrected chi connectivity index (χ4v) is 5.04. The molecule has 0 unspecified atom stereocenters. The number of hydrogen-bond acceptors (Lipinski definition) is 5. The number of anilines is 2. The molecule has 10 heteroatoms. The number of nitrogens with one attached hydrogen (secondary N) is 2. The number of carbonyl (C=O) groups is 2. The van der Waals surface area contributed by atoms with E-state index in [4.69, 9.17) is 27.9 Å². The second-order valence-electron chi connectivity index (χ2n) is 9.93. The van der Waals surface area contributed by atoms with Gasteiger partial charge in [-0.2, -0.15) is 0 Å². The average molecular weight is 627 g/mol. The van der Waals surface area contributed by atoms with Crippen LogP contribution in [0.2, 0.25) is 10.0 Å². The predicted octanol–water partition coefficient (Wildman–Crippen LogP) is 7.78. The van der Waals surface area contributed by atoms with Gasteiger partial charge in [0.2, 0.25) is 5.91 Å². The number of urea groups is 1. The third-order valence-electron chi connectivity index (χ3n) is 6.81. The molecule has 0 fully saturated rings. The quantitative estimate of drug-likeness (QED) is 0.174. The molecule has 0 saturated carbocycles. The van der Waals surface area contributed by atoms with E-state index in [0.717, 1.165) is 27.7 Å². The van der Waals surface area contributed by atoms with Gasteiger partial charge in [-0.15, -0.1) is 0 Å². The number of nitrogens with zero attached hydrogens (tertiary/aromatic N) is 3. The monoisotopic (exact) mass is 625 g/mol. The van der Waals surface area contributed by atoms with Crippen molar-refractivity contribution < 1.29 is 14.3 Å². The van der Waals surface area contributed by atoms with Crippen LogP contribution in [0.15, 0.2) is 91.3 Å².